The molecule has 23 heavy (non-hydrogen) atoms. The van der Waals surface area contributed by atoms with Gasteiger partial charge in [0.1, 0.15) is 5.69 Å². The molecule has 0 unspecified atom stereocenters. The van der Waals surface area contributed by atoms with Crippen molar-refractivity contribution in [1.29, 1.82) is 0 Å². The third-order valence-electron chi connectivity index (χ3n) is 3.20. The Labute approximate surface area is 135 Å². The van der Waals surface area contributed by atoms with E-state index in [1.165, 1.54) is 34.5 Å². The summed E-state index contributed by atoms with van der Waals surface area (Å²) >= 11 is 1.27. The first kappa shape index (κ1) is 15.1. The largest absolute Gasteiger partial charge is 0.355 e. The van der Waals surface area contributed by atoms with Gasteiger partial charge in [-0.15, -0.1) is 11.3 Å². The van der Waals surface area contributed by atoms with Crippen LogP contribution in [-0.2, 0) is 9.59 Å². The Kier molecular flexibility index (Phi) is 3.79. The lowest BCUT2D eigenvalue weighted by Crippen LogP contribution is -2.20. The maximum atomic E-state index is 11.9. The van der Waals surface area contributed by atoms with Gasteiger partial charge in [-0.2, -0.15) is 0 Å². The molecule has 0 spiro atoms. The number of hydrogen-bond donors (Lipinski definition) is 0. The van der Waals surface area contributed by atoms with Crippen molar-refractivity contribution < 1.29 is 18.9 Å². The van der Waals surface area contributed by atoms with Crippen molar-refractivity contribution >= 4 is 34.4 Å². The van der Waals surface area contributed by atoms with Gasteiger partial charge in [0.15, 0.2) is 17.3 Å². The van der Waals surface area contributed by atoms with Crippen LogP contribution in [0.4, 0.5) is 0 Å². The molecular weight excluding hydrogens is 316 g/mol. The first-order valence-electron chi connectivity index (χ1n) is 6.73. The normalized spacial score (nSPS) is 14.1. The number of ketones is 2. The van der Waals surface area contributed by atoms with Crippen LogP contribution >= 0.6 is 11.3 Å². The second-order valence-corrected chi connectivity index (χ2v) is 6.18. The van der Waals surface area contributed by atoms with Crippen molar-refractivity contribution in [3.63, 3.8) is 0 Å². The molecule has 1 amide bonds. The Morgan fingerprint density at radius 3 is 2.74 bits per heavy atom. The lowest BCUT2D eigenvalue weighted by molar-refractivity contribution is -0.113. The monoisotopic (exact) mass is 328 g/mol. The highest BCUT2D eigenvalue weighted by molar-refractivity contribution is 7.17. The van der Waals surface area contributed by atoms with Gasteiger partial charge in [-0.25, -0.2) is 0 Å². The van der Waals surface area contributed by atoms with E-state index in [2.05, 4.69) is 5.16 Å². The summed E-state index contributed by atoms with van der Waals surface area (Å²) in [4.78, 5) is 37.9. The standard InChI is InChI=1S/C16H12N2O4S/c1-18(2)16(21)15-6-5-14(23-15)13-8-11(17-22-13)10-7-9(19)3-4-12(10)20/h3-8H,1-2H3. The molecule has 0 saturated heterocycles. The van der Waals surface area contributed by atoms with E-state index in [-0.39, 0.29) is 23.0 Å². The molecule has 0 fully saturated rings. The minimum Gasteiger partial charge on any atom is -0.355 e. The van der Waals surface area contributed by atoms with Crippen molar-refractivity contribution in [3.05, 3.63) is 47.0 Å². The van der Waals surface area contributed by atoms with Gasteiger partial charge in [-0.1, -0.05) is 5.16 Å². The summed E-state index contributed by atoms with van der Waals surface area (Å²) < 4.78 is 5.25. The molecule has 2 heterocycles. The number of nitrogens with zero attached hydrogens (tertiary/aromatic N) is 2. The van der Waals surface area contributed by atoms with Crippen molar-refractivity contribution in [3.8, 4) is 10.6 Å². The average molecular weight is 328 g/mol. The quantitative estimate of drug-likeness (QED) is 0.807. The molecule has 0 aliphatic heterocycles. The summed E-state index contributed by atoms with van der Waals surface area (Å²) in [6.07, 6.45) is 3.66. The summed E-state index contributed by atoms with van der Waals surface area (Å²) in [5, 5.41) is 3.85. The van der Waals surface area contributed by atoms with E-state index in [4.69, 9.17) is 4.52 Å². The number of aromatic nitrogens is 1. The summed E-state index contributed by atoms with van der Waals surface area (Å²) in [5.41, 5.74) is 0.505. The van der Waals surface area contributed by atoms with Crippen LogP contribution in [0.1, 0.15) is 15.4 Å². The molecule has 7 heteroatoms. The molecule has 0 atom stereocenters. The maximum Gasteiger partial charge on any atom is 0.263 e. The topological polar surface area (TPSA) is 80.5 Å². The summed E-state index contributed by atoms with van der Waals surface area (Å²) in [6.45, 7) is 0. The summed E-state index contributed by atoms with van der Waals surface area (Å²) in [7, 11) is 3.36. The number of carbonyl (C=O) groups excluding carboxylic acids is 3. The fraction of sp³-hybridized carbons (Fsp3) is 0.125. The zero-order valence-corrected chi connectivity index (χ0v) is 13.2. The zero-order valence-electron chi connectivity index (χ0n) is 12.4. The third kappa shape index (κ3) is 2.91. The van der Waals surface area contributed by atoms with Gasteiger partial charge >= 0.3 is 0 Å². The number of rotatable bonds is 3. The Morgan fingerprint density at radius 1 is 1.22 bits per heavy atom. The second kappa shape index (κ2) is 5.77. The number of hydrogen-bond acceptors (Lipinski definition) is 6. The Hall–Kier alpha value is -2.80. The van der Waals surface area contributed by atoms with Gasteiger partial charge in [0.2, 0.25) is 0 Å². The Bertz CT molecular complexity index is 870. The number of carbonyl (C=O) groups is 3. The van der Waals surface area contributed by atoms with Crippen molar-refractivity contribution in [2.75, 3.05) is 14.1 Å². The number of amides is 1. The average Bonchev–Trinajstić information content (AvgIpc) is 3.17. The van der Waals surface area contributed by atoms with Crippen molar-refractivity contribution in [1.82, 2.24) is 10.1 Å². The van der Waals surface area contributed by atoms with Crippen LogP contribution < -0.4 is 0 Å². The fourth-order valence-corrected chi connectivity index (χ4v) is 3.01. The number of allylic oxidation sites excluding steroid dienone is 4. The Balaban J connectivity index is 1.90. The van der Waals surface area contributed by atoms with Crippen LogP contribution in [0.25, 0.3) is 16.2 Å². The number of thiophene rings is 1. The lowest BCUT2D eigenvalue weighted by Gasteiger charge is -2.06. The van der Waals surface area contributed by atoms with Gasteiger partial charge in [-0.3, -0.25) is 14.4 Å². The van der Waals surface area contributed by atoms with Gasteiger partial charge < -0.3 is 9.42 Å². The van der Waals surface area contributed by atoms with E-state index in [0.29, 0.717) is 16.3 Å². The first-order chi connectivity index (χ1) is 11.0. The minimum atomic E-state index is -0.292. The lowest BCUT2D eigenvalue weighted by atomic mass is 10.0. The molecule has 6 nitrogen and oxygen atoms in total. The van der Waals surface area contributed by atoms with Crippen LogP contribution in [-0.4, -0.2) is 41.6 Å². The third-order valence-corrected chi connectivity index (χ3v) is 4.29. The molecular formula is C16H12N2O4S. The van der Waals surface area contributed by atoms with E-state index >= 15 is 0 Å². The molecule has 0 aromatic carbocycles. The van der Waals surface area contributed by atoms with Gasteiger partial charge in [0.25, 0.3) is 5.91 Å². The van der Waals surface area contributed by atoms with E-state index in [0.717, 1.165) is 4.88 Å². The van der Waals surface area contributed by atoms with Gasteiger partial charge in [-0.05, 0) is 30.4 Å². The van der Waals surface area contributed by atoms with E-state index in [1.807, 2.05) is 0 Å². The molecule has 3 rings (SSSR count). The van der Waals surface area contributed by atoms with E-state index < -0.39 is 0 Å². The molecule has 0 saturated carbocycles. The van der Waals surface area contributed by atoms with Crippen molar-refractivity contribution in [2.45, 2.75) is 0 Å². The van der Waals surface area contributed by atoms with Gasteiger partial charge in [0, 0.05) is 20.2 Å². The highest BCUT2D eigenvalue weighted by Crippen LogP contribution is 2.31. The highest BCUT2D eigenvalue weighted by atomic mass is 32.1. The molecule has 1 aliphatic rings. The van der Waals surface area contributed by atoms with Crippen LogP contribution in [0.5, 0.6) is 0 Å². The van der Waals surface area contributed by atoms with Crippen LogP contribution in [0.15, 0.2) is 41.0 Å². The minimum absolute atomic E-state index is 0.0955. The van der Waals surface area contributed by atoms with Crippen molar-refractivity contribution in [2.24, 2.45) is 0 Å². The SMILES string of the molecule is CN(C)C(=O)c1ccc(-c2cc(C3=CC(=O)C=CC3=O)no2)s1. The molecule has 0 bridgehead atoms. The predicted molar refractivity (Wildman–Crippen MR) is 85.0 cm³/mol. The van der Waals surface area contributed by atoms with E-state index in [1.54, 1.807) is 32.3 Å². The van der Waals surface area contributed by atoms with Crippen LogP contribution in [0.2, 0.25) is 0 Å². The highest BCUT2D eigenvalue weighted by Gasteiger charge is 2.20. The second-order valence-electron chi connectivity index (χ2n) is 5.10. The first-order valence-corrected chi connectivity index (χ1v) is 7.54. The predicted octanol–water partition coefficient (Wildman–Crippen LogP) is 2.20. The molecule has 116 valence electrons. The molecule has 1 aliphatic carbocycles. The Morgan fingerprint density at radius 2 is 2.00 bits per heavy atom. The molecule has 0 N–H and O–H groups in total. The summed E-state index contributed by atoms with van der Waals surface area (Å²) in [5.74, 6) is -0.210. The zero-order chi connectivity index (χ0) is 16.6. The van der Waals surface area contributed by atoms with Crippen LogP contribution in [0, 0.1) is 0 Å². The smallest absolute Gasteiger partial charge is 0.263 e. The molecule has 0 radical (unpaired) electrons. The van der Waals surface area contributed by atoms with E-state index in [9.17, 15) is 14.4 Å². The fourth-order valence-electron chi connectivity index (χ4n) is 2.03. The van der Waals surface area contributed by atoms with Crippen LogP contribution in [0.3, 0.4) is 0 Å². The summed E-state index contributed by atoms with van der Waals surface area (Å²) in [6, 6.07) is 5.06. The molecule has 2 aromatic rings. The van der Waals surface area contributed by atoms with Gasteiger partial charge in [0.05, 0.1) is 15.3 Å². The molecule has 2 aromatic heterocycles. The maximum absolute atomic E-state index is 11.9.